The van der Waals surface area contributed by atoms with E-state index in [9.17, 15) is 0 Å². The summed E-state index contributed by atoms with van der Waals surface area (Å²) in [7, 11) is 2.04. The van der Waals surface area contributed by atoms with Gasteiger partial charge >= 0.3 is 0 Å². The minimum absolute atomic E-state index is 0.314. The minimum Gasteiger partial charge on any atom is -0.338 e. The first-order valence-corrected chi connectivity index (χ1v) is 7.92. The molecule has 0 aliphatic carbocycles. The van der Waals surface area contributed by atoms with Gasteiger partial charge in [0.15, 0.2) is 0 Å². The number of nitrogens with zero attached hydrogens (tertiary/aromatic N) is 4. The summed E-state index contributed by atoms with van der Waals surface area (Å²) in [5.41, 5.74) is 1.13. The molecule has 0 aromatic carbocycles. The summed E-state index contributed by atoms with van der Waals surface area (Å²) < 4.78 is 6.22. The number of hydrogen-bond donors (Lipinski definition) is 1. The highest BCUT2D eigenvalue weighted by molar-refractivity contribution is 7.05. The third kappa shape index (κ3) is 3.43. The smallest absolute Gasteiger partial charge is 0.108 e. The number of hydrogen-bond acceptors (Lipinski definition) is 5. The van der Waals surface area contributed by atoms with Crippen molar-refractivity contribution in [3.8, 4) is 0 Å². The lowest BCUT2D eigenvalue weighted by Gasteiger charge is -2.18. The second kappa shape index (κ2) is 6.95. The van der Waals surface area contributed by atoms with Crippen molar-refractivity contribution in [3.05, 3.63) is 28.8 Å². The molecular formula is C14H23N5S. The van der Waals surface area contributed by atoms with Crippen molar-refractivity contribution in [2.75, 3.05) is 6.54 Å². The first-order chi connectivity index (χ1) is 9.63. The maximum absolute atomic E-state index is 4.39. The fourth-order valence-corrected chi connectivity index (χ4v) is 3.24. The molecule has 0 fully saturated rings. The van der Waals surface area contributed by atoms with Crippen LogP contribution in [0.1, 0.15) is 55.5 Å². The van der Waals surface area contributed by atoms with Crippen LogP contribution in [0.3, 0.4) is 0 Å². The number of aromatic nitrogens is 4. The van der Waals surface area contributed by atoms with Crippen molar-refractivity contribution in [1.29, 1.82) is 0 Å². The van der Waals surface area contributed by atoms with Crippen molar-refractivity contribution in [2.45, 2.75) is 45.6 Å². The fraction of sp³-hybridized carbons (Fsp3) is 0.643. The predicted octanol–water partition coefficient (Wildman–Crippen LogP) is 2.68. The van der Waals surface area contributed by atoms with Crippen molar-refractivity contribution in [2.24, 2.45) is 7.05 Å². The SMILES string of the molecule is CCNC(CCc1nccn1C)c1snnc1C(C)C. The molecule has 6 heteroatoms. The summed E-state index contributed by atoms with van der Waals surface area (Å²) in [6.45, 7) is 7.42. The first kappa shape index (κ1) is 15.1. The molecule has 0 aliphatic rings. The molecule has 1 unspecified atom stereocenters. The Morgan fingerprint density at radius 2 is 2.20 bits per heavy atom. The lowest BCUT2D eigenvalue weighted by atomic mass is 10.0. The summed E-state index contributed by atoms with van der Waals surface area (Å²) in [4.78, 5) is 5.67. The molecule has 0 bridgehead atoms. The third-order valence-corrected chi connectivity index (χ3v) is 4.29. The Labute approximate surface area is 124 Å². The van der Waals surface area contributed by atoms with Gasteiger partial charge in [-0.3, -0.25) is 0 Å². The molecule has 0 radical (unpaired) electrons. The van der Waals surface area contributed by atoms with E-state index in [1.54, 1.807) is 0 Å². The molecule has 2 aromatic heterocycles. The normalized spacial score (nSPS) is 13.1. The van der Waals surface area contributed by atoms with Gasteiger partial charge in [-0.2, -0.15) is 0 Å². The zero-order valence-electron chi connectivity index (χ0n) is 12.6. The summed E-state index contributed by atoms with van der Waals surface area (Å²) in [5, 5.41) is 7.84. The number of imidazole rings is 1. The van der Waals surface area contributed by atoms with Crippen LogP contribution in [0.25, 0.3) is 0 Å². The summed E-state index contributed by atoms with van der Waals surface area (Å²) in [6, 6.07) is 0.314. The van der Waals surface area contributed by atoms with Crippen molar-refractivity contribution < 1.29 is 0 Å². The molecule has 2 rings (SSSR count). The predicted molar refractivity (Wildman–Crippen MR) is 81.9 cm³/mol. The molecular weight excluding hydrogens is 270 g/mol. The molecule has 2 heterocycles. The number of aryl methyl sites for hydroxylation is 2. The molecule has 2 aromatic rings. The monoisotopic (exact) mass is 293 g/mol. The van der Waals surface area contributed by atoms with Crippen LogP contribution in [0.15, 0.2) is 12.4 Å². The lowest BCUT2D eigenvalue weighted by molar-refractivity contribution is 0.506. The molecule has 0 aliphatic heterocycles. The molecule has 0 amide bonds. The van der Waals surface area contributed by atoms with Gasteiger partial charge in [0.25, 0.3) is 0 Å². The van der Waals surface area contributed by atoms with Gasteiger partial charge in [-0.15, -0.1) is 5.10 Å². The largest absolute Gasteiger partial charge is 0.338 e. The average molecular weight is 293 g/mol. The topological polar surface area (TPSA) is 55.6 Å². The van der Waals surface area contributed by atoms with E-state index in [-0.39, 0.29) is 0 Å². The Bertz CT molecular complexity index is 531. The van der Waals surface area contributed by atoms with Gasteiger partial charge in [0, 0.05) is 31.9 Å². The van der Waals surface area contributed by atoms with Gasteiger partial charge in [0.2, 0.25) is 0 Å². The molecule has 1 atom stereocenters. The van der Waals surface area contributed by atoms with Crippen LogP contribution in [0.2, 0.25) is 0 Å². The number of rotatable bonds is 7. The van der Waals surface area contributed by atoms with E-state index in [1.807, 2.05) is 19.4 Å². The van der Waals surface area contributed by atoms with E-state index in [0.717, 1.165) is 30.9 Å². The first-order valence-electron chi connectivity index (χ1n) is 7.15. The molecule has 1 N–H and O–H groups in total. The highest BCUT2D eigenvalue weighted by Gasteiger charge is 2.20. The van der Waals surface area contributed by atoms with Gasteiger partial charge in [0.05, 0.1) is 10.6 Å². The molecule has 20 heavy (non-hydrogen) atoms. The molecule has 0 saturated heterocycles. The zero-order chi connectivity index (χ0) is 14.5. The third-order valence-electron chi connectivity index (χ3n) is 3.43. The molecule has 5 nitrogen and oxygen atoms in total. The highest BCUT2D eigenvalue weighted by atomic mass is 32.1. The second-order valence-electron chi connectivity index (χ2n) is 5.28. The van der Waals surface area contributed by atoms with Crippen LogP contribution in [-0.2, 0) is 13.5 Å². The number of nitrogens with one attached hydrogen (secondary N) is 1. The van der Waals surface area contributed by atoms with Crippen LogP contribution in [0, 0.1) is 0 Å². The van der Waals surface area contributed by atoms with Crippen molar-refractivity contribution >= 4 is 11.5 Å². The summed E-state index contributed by atoms with van der Waals surface area (Å²) >= 11 is 1.52. The second-order valence-corrected chi connectivity index (χ2v) is 6.07. The van der Waals surface area contributed by atoms with Gasteiger partial charge < -0.3 is 9.88 Å². The minimum atomic E-state index is 0.314. The highest BCUT2D eigenvalue weighted by Crippen LogP contribution is 2.28. The quantitative estimate of drug-likeness (QED) is 0.852. The van der Waals surface area contributed by atoms with Gasteiger partial charge in [-0.25, -0.2) is 4.98 Å². The Hall–Kier alpha value is -1.27. The van der Waals surface area contributed by atoms with Gasteiger partial charge in [-0.1, -0.05) is 25.3 Å². The van der Waals surface area contributed by atoms with Gasteiger partial charge in [0.1, 0.15) is 5.82 Å². The Balaban J connectivity index is 2.10. The zero-order valence-corrected chi connectivity index (χ0v) is 13.4. The van der Waals surface area contributed by atoms with E-state index in [2.05, 4.69) is 45.2 Å². The summed E-state index contributed by atoms with van der Waals surface area (Å²) in [5.74, 6) is 1.54. The van der Waals surface area contributed by atoms with Crippen LogP contribution in [0.4, 0.5) is 0 Å². The molecule has 110 valence electrons. The lowest BCUT2D eigenvalue weighted by Crippen LogP contribution is -2.22. The van der Waals surface area contributed by atoms with Crippen molar-refractivity contribution in [1.82, 2.24) is 24.5 Å². The van der Waals surface area contributed by atoms with E-state index < -0.39 is 0 Å². The van der Waals surface area contributed by atoms with Crippen LogP contribution >= 0.6 is 11.5 Å². The van der Waals surface area contributed by atoms with Gasteiger partial charge in [-0.05, 0) is 30.4 Å². The maximum atomic E-state index is 4.39. The maximum Gasteiger partial charge on any atom is 0.108 e. The Morgan fingerprint density at radius 1 is 1.40 bits per heavy atom. The molecule has 0 spiro atoms. The summed E-state index contributed by atoms with van der Waals surface area (Å²) in [6.07, 6.45) is 5.82. The van der Waals surface area contributed by atoms with E-state index in [4.69, 9.17) is 0 Å². The Morgan fingerprint density at radius 3 is 2.80 bits per heavy atom. The van der Waals surface area contributed by atoms with Crippen LogP contribution < -0.4 is 5.32 Å². The van der Waals surface area contributed by atoms with E-state index in [0.29, 0.717) is 12.0 Å². The van der Waals surface area contributed by atoms with E-state index in [1.165, 1.54) is 16.4 Å². The van der Waals surface area contributed by atoms with Crippen LogP contribution in [0.5, 0.6) is 0 Å². The fourth-order valence-electron chi connectivity index (χ4n) is 2.33. The molecule has 0 saturated carbocycles. The Kier molecular flexibility index (Phi) is 5.25. The van der Waals surface area contributed by atoms with Crippen LogP contribution in [-0.4, -0.2) is 25.7 Å². The van der Waals surface area contributed by atoms with E-state index >= 15 is 0 Å². The standard InChI is InChI=1S/C14H23N5S/c1-5-15-11(6-7-12-16-8-9-19(12)4)14-13(10(2)3)17-18-20-14/h8-11,15H,5-7H2,1-4H3. The van der Waals surface area contributed by atoms with Crippen molar-refractivity contribution in [3.63, 3.8) is 0 Å². The average Bonchev–Trinajstić information content (AvgIpc) is 3.03.